The van der Waals surface area contributed by atoms with Crippen LogP contribution in [-0.2, 0) is 21.4 Å². The van der Waals surface area contributed by atoms with Gasteiger partial charge >= 0.3 is 0 Å². The normalized spacial score (nSPS) is 15.6. The number of sulfonamides is 1. The largest absolute Gasteiger partial charge is 0.311 e. The highest BCUT2D eigenvalue weighted by Gasteiger charge is 2.32. The van der Waals surface area contributed by atoms with Crippen molar-refractivity contribution in [2.45, 2.75) is 24.3 Å². The Morgan fingerprint density at radius 1 is 1.06 bits per heavy atom. The van der Waals surface area contributed by atoms with Gasteiger partial charge in [-0.2, -0.15) is 9.40 Å². The van der Waals surface area contributed by atoms with Crippen molar-refractivity contribution >= 4 is 45.0 Å². The Hall–Kier alpha value is -2.39. The van der Waals surface area contributed by atoms with Crippen LogP contribution in [-0.4, -0.2) is 41.5 Å². The van der Waals surface area contributed by atoms with Crippen LogP contribution in [0.4, 0.5) is 5.82 Å². The Labute approximate surface area is 197 Å². The van der Waals surface area contributed by atoms with Gasteiger partial charge in [-0.15, -0.1) is 0 Å². The molecule has 0 spiro atoms. The van der Waals surface area contributed by atoms with E-state index in [4.69, 9.17) is 23.2 Å². The summed E-state index contributed by atoms with van der Waals surface area (Å²) in [5.74, 6) is 0.130. The summed E-state index contributed by atoms with van der Waals surface area (Å²) in [7, 11) is -3.54. The second-order valence-corrected chi connectivity index (χ2v) is 10.4. The molecule has 10 heteroatoms. The molecule has 32 heavy (non-hydrogen) atoms. The van der Waals surface area contributed by atoms with Crippen LogP contribution in [0.25, 0.3) is 0 Å². The van der Waals surface area contributed by atoms with E-state index in [0.29, 0.717) is 48.3 Å². The number of hydrogen-bond donors (Lipinski definition) is 1. The lowest BCUT2D eigenvalue weighted by molar-refractivity contribution is -0.121. The van der Waals surface area contributed by atoms with Crippen LogP contribution >= 0.6 is 23.2 Å². The van der Waals surface area contributed by atoms with Gasteiger partial charge in [-0.05, 0) is 42.7 Å². The second-order valence-electron chi connectivity index (χ2n) is 7.59. The molecule has 1 aliphatic rings. The number of benzene rings is 2. The second kappa shape index (κ2) is 9.62. The smallest absolute Gasteiger partial charge is 0.243 e. The molecule has 1 amide bonds. The molecule has 7 nitrogen and oxygen atoms in total. The minimum Gasteiger partial charge on any atom is -0.311 e. The molecule has 1 N–H and O–H groups in total. The van der Waals surface area contributed by atoms with Crippen molar-refractivity contribution < 1.29 is 13.2 Å². The summed E-state index contributed by atoms with van der Waals surface area (Å²) in [5.41, 5.74) is 0.828. The lowest BCUT2D eigenvalue weighted by Gasteiger charge is -2.30. The first kappa shape index (κ1) is 22.8. The standard InChI is InChI=1S/C22H22Cl2N4O3S/c23-18-7-6-17(20(24)14-18)15-28-21(8-11-25-28)26-22(29)16-9-12-27(13-10-16)32(30,31)19-4-2-1-3-5-19/h1-8,11,14,16H,9-10,12-13,15H2,(H,26,29). The third-order valence-corrected chi connectivity index (χ3v) is 8.01. The van der Waals surface area contributed by atoms with E-state index in [0.717, 1.165) is 5.56 Å². The molecule has 0 radical (unpaired) electrons. The van der Waals surface area contributed by atoms with Crippen LogP contribution in [0, 0.1) is 5.92 Å². The average molecular weight is 493 g/mol. The molecule has 3 aromatic rings. The summed E-state index contributed by atoms with van der Waals surface area (Å²) < 4.78 is 28.7. The van der Waals surface area contributed by atoms with Gasteiger partial charge in [-0.3, -0.25) is 4.79 Å². The molecule has 0 saturated carbocycles. The van der Waals surface area contributed by atoms with Crippen LogP contribution in [0.5, 0.6) is 0 Å². The molecule has 1 saturated heterocycles. The highest BCUT2D eigenvalue weighted by atomic mass is 35.5. The molecule has 0 atom stereocenters. The summed E-state index contributed by atoms with van der Waals surface area (Å²) in [4.78, 5) is 13.1. The summed E-state index contributed by atoms with van der Waals surface area (Å²) >= 11 is 12.2. The number of aromatic nitrogens is 2. The number of nitrogens with zero attached hydrogens (tertiary/aromatic N) is 3. The van der Waals surface area contributed by atoms with Crippen LogP contribution < -0.4 is 5.32 Å². The first-order chi connectivity index (χ1) is 15.3. The molecule has 4 rings (SSSR count). The van der Waals surface area contributed by atoms with Gasteiger partial charge in [0.15, 0.2) is 0 Å². The van der Waals surface area contributed by atoms with Gasteiger partial charge in [0.25, 0.3) is 0 Å². The zero-order chi connectivity index (χ0) is 22.7. The van der Waals surface area contributed by atoms with Crippen LogP contribution in [0.2, 0.25) is 10.0 Å². The minimum absolute atomic E-state index is 0.147. The zero-order valence-corrected chi connectivity index (χ0v) is 19.4. The number of amides is 1. The lowest BCUT2D eigenvalue weighted by Crippen LogP contribution is -2.41. The third kappa shape index (κ3) is 4.99. The Balaban J connectivity index is 1.38. The van der Waals surface area contributed by atoms with Gasteiger partial charge in [0.2, 0.25) is 15.9 Å². The van der Waals surface area contributed by atoms with Gasteiger partial charge in [-0.25, -0.2) is 13.1 Å². The molecule has 0 bridgehead atoms. The Morgan fingerprint density at radius 3 is 2.47 bits per heavy atom. The molecular weight excluding hydrogens is 471 g/mol. The number of hydrogen-bond acceptors (Lipinski definition) is 4. The fraction of sp³-hybridized carbons (Fsp3) is 0.273. The molecule has 1 aliphatic heterocycles. The van der Waals surface area contributed by atoms with Gasteiger partial charge in [-0.1, -0.05) is 47.5 Å². The van der Waals surface area contributed by atoms with Gasteiger partial charge < -0.3 is 5.32 Å². The van der Waals surface area contributed by atoms with Gasteiger partial charge in [0, 0.05) is 35.1 Å². The molecule has 168 valence electrons. The number of carbonyl (C=O) groups is 1. The van der Waals surface area contributed by atoms with E-state index in [1.807, 2.05) is 6.07 Å². The molecule has 2 aromatic carbocycles. The molecule has 0 aliphatic carbocycles. The predicted molar refractivity (Wildman–Crippen MR) is 124 cm³/mol. The summed E-state index contributed by atoms with van der Waals surface area (Å²) in [5, 5.41) is 8.27. The molecule has 2 heterocycles. The fourth-order valence-electron chi connectivity index (χ4n) is 3.70. The molecule has 0 unspecified atom stereocenters. The van der Waals surface area contributed by atoms with Crippen molar-refractivity contribution in [3.8, 4) is 0 Å². The predicted octanol–water partition coefficient (Wildman–Crippen LogP) is 4.28. The number of rotatable bonds is 6. The zero-order valence-electron chi connectivity index (χ0n) is 17.1. The van der Waals surface area contributed by atoms with Gasteiger partial charge in [0.1, 0.15) is 5.82 Å². The number of nitrogens with one attached hydrogen (secondary N) is 1. The van der Waals surface area contributed by atoms with Crippen LogP contribution in [0.1, 0.15) is 18.4 Å². The van der Waals surface area contributed by atoms with E-state index in [2.05, 4.69) is 10.4 Å². The first-order valence-electron chi connectivity index (χ1n) is 10.2. The first-order valence-corrected chi connectivity index (χ1v) is 12.4. The average Bonchev–Trinajstić information content (AvgIpc) is 3.23. The molecular formula is C22H22Cl2N4O3S. The van der Waals surface area contributed by atoms with Crippen LogP contribution in [0.3, 0.4) is 0 Å². The van der Waals surface area contributed by atoms with Gasteiger partial charge in [0.05, 0.1) is 17.6 Å². The van der Waals surface area contributed by atoms with Crippen molar-refractivity contribution in [2.75, 3.05) is 18.4 Å². The van der Waals surface area contributed by atoms with E-state index in [9.17, 15) is 13.2 Å². The maximum atomic E-state index is 12.8. The van der Waals surface area contributed by atoms with Crippen molar-refractivity contribution in [3.05, 3.63) is 76.4 Å². The van der Waals surface area contributed by atoms with E-state index in [-0.39, 0.29) is 16.7 Å². The van der Waals surface area contributed by atoms with E-state index < -0.39 is 10.0 Å². The highest BCUT2D eigenvalue weighted by molar-refractivity contribution is 7.89. The van der Waals surface area contributed by atoms with Crippen molar-refractivity contribution in [1.82, 2.24) is 14.1 Å². The Bertz CT molecular complexity index is 1210. The summed E-state index contributed by atoms with van der Waals surface area (Å²) in [6.45, 7) is 0.982. The Morgan fingerprint density at radius 2 is 1.78 bits per heavy atom. The highest BCUT2D eigenvalue weighted by Crippen LogP contribution is 2.26. The maximum absolute atomic E-state index is 12.8. The molecule has 1 fully saturated rings. The van der Waals surface area contributed by atoms with E-state index in [1.165, 1.54) is 4.31 Å². The topological polar surface area (TPSA) is 84.3 Å². The summed E-state index contributed by atoms with van der Waals surface area (Å²) in [6.07, 6.45) is 2.51. The monoisotopic (exact) mass is 492 g/mol. The molecule has 1 aromatic heterocycles. The SMILES string of the molecule is O=C(Nc1ccnn1Cc1ccc(Cl)cc1Cl)C1CCN(S(=O)(=O)c2ccccc2)CC1. The maximum Gasteiger partial charge on any atom is 0.243 e. The van der Waals surface area contributed by atoms with Crippen molar-refractivity contribution in [2.24, 2.45) is 5.92 Å². The third-order valence-electron chi connectivity index (χ3n) is 5.51. The lowest BCUT2D eigenvalue weighted by atomic mass is 9.97. The number of halogens is 2. The number of carbonyl (C=O) groups excluding carboxylic acids is 1. The van der Waals surface area contributed by atoms with Crippen molar-refractivity contribution in [1.29, 1.82) is 0 Å². The summed E-state index contributed by atoms with van der Waals surface area (Å²) in [6, 6.07) is 15.3. The minimum atomic E-state index is -3.54. The van der Waals surface area contributed by atoms with Crippen molar-refractivity contribution in [3.63, 3.8) is 0 Å². The van der Waals surface area contributed by atoms with Crippen LogP contribution in [0.15, 0.2) is 65.7 Å². The van der Waals surface area contributed by atoms with E-state index in [1.54, 1.807) is 59.4 Å². The number of piperidine rings is 1. The quantitative estimate of drug-likeness (QED) is 0.556. The Kier molecular flexibility index (Phi) is 6.85. The fourth-order valence-corrected chi connectivity index (χ4v) is 5.66. The van der Waals surface area contributed by atoms with E-state index >= 15 is 0 Å². The number of anilines is 1.